The summed E-state index contributed by atoms with van der Waals surface area (Å²) in [4.78, 5) is 14.5. The zero-order valence-corrected chi connectivity index (χ0v) is 22.3. The van der Waals surface area contributed by atoms with Crippen molar-refractivity contribution in [2.24, 2.45) is 5.14 Å². The number of pyridine rings is 1. The van der Waals surface area contributed by atoms with Gasteiger partial charge in [0, 0.05) is 22.8 Å². The number of fused-ring (bicyclic) bond motifs is 1. The third-order valence-corrected chi connectivity index (χ3v) is 7.36. The molecule has 0 saturated heterocycles. The maximum Gasteiger partial charge on any atom is 0.238 e. The van der Waals surface area contributed by atoms with E-state index < -0.39 is 10.0 Å². The third-order valence-electron chi connectivity index (χ3n) is 6.39. The highest BCUT2D eigenvalue weighted by molar-refractivity contribution is 7.89. The fourth-order valence-electron chi connectivity index (χ4n) is 4.39. The van der Waals surface area contributed by atoms with Crippen LogP contribution in [0.15, 0.2) is 114 Å². The smallest absolute Gasteiger partial charge is 0.238 e. The molecule has 1 atom stereocenters. The lowest BCUT2D eigenvalue weighted by molar-refractivity contribution is -0.105. The van der Waals surface area contributed by atoms with Crippen molar-refractivity contribution in [3.05, 3.63) is 120 Å². The molecule has 1 aromatic heterocycles. The van der Waals surface area contributed by atoms with Crippen LogP contribution in [-0.2, 0) is 21.2 Å². The summed E-state index contributed by atoms with van der Waals surface area (Å²) in [5.74, 6) is 1.10. The maximum absolute atomic E-state index is 11.5. The van der Waals surface area contributed by atoms with Crippen LogP contribution in [0.2, 0.25) is 0 Å². The Bertz CT molecular complexity index is 1670. The Morgan fingerprint density at radius 2 is 1.59 bits per heavy atom. The molecule has 1 unspecified atom stereocenters. The Labute approximate surface area is 228 Å². The van der Waals surface area contributed by atoms with Crippen molar-refractivity contribution >= 4 is 38.7 Å². The Morgan fingerprint density at radius 3 is 2.28 bits per heavy atom. The maximum atomic E-state index is 11.5. The van der Waals surface area contributed by atoms with E-state index in [9.17, 15) is 13.2 Å². The van der Waals surface area contributed by atoms with Gasteiger partial charge >= 0.3 is 0 Å². The van der Waals surface area contributed by atoms with Crippen LogP contribution in [0.3, 0.4) is 0 Å². The van der Waals surface area contributed by atoms with Gasteiger partial charge in [0.1, 0.15) is 5.82 Å². The number of benzene rings is 4. The van der Waals surface area contributed by atoms with Gasteiger partial charge in [-0.3, -0.25) is 4.79 Å². The first-order valence-corrected chi connectivity index (χ1v) is 13.9. The molecule has 1 amide bonds. The Balaban J connectivity index is 0.000000181. The molecule has 5 aromatic rings. The van der Waals surface area contributed by atoms with Gasteiger partial charge in [0.05, 0.1) is 4.90 Å². The molecule has 5 rings (SSSR count). The number of nitrogens with one attached hydrogen (secondary N) is 1. The predicted octanol–water partition coefficient (Wildman–Crippen LogP) is 5.73. The highest BCUT2D eigenvalue weighted by Gasteiger charge is 2.14. The molecule has 7 nitrogen and oxygen atoms in total. The molecule has 8 heteroatoms. The second kappa shape index (κ2) is 12.3. The molecule has 1 heterocycles. The summed E-state index contributed by atoms with van der Waals surface area (Å²) >= 11 is 0. The van der Waals surface area contributed by atoms with Crippen molar-refractivity contribution < 1.29 is 13.2 Å². The molecule has 0 aliphatic carbocycles. The minimum Gasteiger partial charge on any atom is -0.383 e. The molecular formula is C31H30N4O3S. The van der Waals surface area contributed by atoms with Crippen LogP contribution < -0.4 is 16.2 Å². The van der Waals surface area contributed by atoms with Gasteiger partial charge in [-0.25, -0.2) is 18.5 Å². The van der Waals surface area contributed by atoms with Gasteiger partial charge in [-0.2, -0.15) is 0 Å². The summed E-state index contributed by atoms with van der Waals surface area (Å²) in [6, 6.07) is 32.4. The lowest BCUT2D eigenvalue weighted by Gasteiger charge is -2.12. The average Bonchev–Trinajstić information content (AvgIpc) is 2.94. The highest BCUT2D eigenvalue weighted by Crippen LogP contribution is 2.28. The molecule has 0 radical (unpaired) electrons. The van der Waals surface area contributed by atoms with Crippen LogP contribution in [0.5, 0.6) is 0 Å². The lowest BCUT2D eigenvalue weighted by Crippen LogP contribution is -2.13. The Morgan fingerprint density at radius 1 is 0.897 bits per heavy atom. The summed E-state index contributed by atoms with van der Waals surface area (Å²) in [5.41, 5.74) is 10.5. The third kappa shape index (κ3) is 7.07. The second-order valence-corrected chi connectivity index (χ2v) is 10.7. The number of carbonyl (C=O) groups is 1. The number of anilines is 2. The monoisotopic (exact) mass is 538 g/mol. The standard InChI is InChI=1S/C18H18N2.C13H12N2O3S/c1-13(15-5-3-2-4-6-15)11-14-7-8-16-9-10-20-18(19)17(16)12-14;14-19(17,18)13-4-2-1-3-12(13)10-5-7-11(8-6-10)15-9-16/h2-10,12-13H,11H2,1H3,(H2,19,20);1-9H,(H,15,16)(H2,14,17,18). The number of primary sulfonamides is 1. The number of nitrogens with zero attached hydrogens (tertiary/aromatic N) is 1. The van der Waals surface area contributed by atoms with E-state index in [0.717, 1.165) is 17.2 Å². The number of rotatable bonds is 7. The molecule has 0 spiro atoms. The van der Waals surface area contributed by atoms with Gasteiger partial charge in [-0.15, -0.1) is 0 Å². The molecule has 0 aliphatic heterocycles. The van der Waals surface area contributed by atoms with E-state index in [1.54, 1.807) is 48.7 Å². The zero-order valence-electron chi connectivity index (χ0n) is 21.5. The average molecular weight is 539 g/mol. The van der Waals surface area contributed by atoms with Gasteiger partial charge in [0.2, 0.25) is 16.4 Å². The Kier molecular flexibility index (Phi) is 8.70. The highest BCUT2D eigenvalue weighted by atomic mass is 32.2. The normalized spacial score (nSPS) is 11.7. The van der Waals surface area contributed by atoms with Crippen molar-refractivity contribution in [2.75, 3.05) is 11.1 Å². The summed E-state index contributed by atoms with van der Waals surface area (Å²) < 4.78 is 23.0. The molecule has 4 aromatic carbocycles. The number of nitrogen functional groups attached to an aromatic ring is 1. The van der Waals surface area contributed by atoms with Crippen LogP contribution in [-0.4, -0.2) is 19.8 Å². The number of nitrogens with two attached hydrogens (primary N) is 2. The van der Waals surface area contributed by atoms with E-state index in [-0.39, 0.29) is 4.90 Å². The van der Waals surface area contributed by atoms with Gasteiger partial charge < -0.3 is 11.1 Å². The van der Waals surface area contributed by atoms with E-state index in [1.165, 1.54) is 17.2 Å². The molecule has 0 aliphatic rings. The topological polar surface area (TPSA) is 128 Å². The Hall–Kier alpha value is -4.53. The first kappa shape index (κ1) is 27.5. The van der Waals surface area contributed by atoms with E-state index >= 15 is 0 Å². The van der Waals surface area contributed by atoms with Gasteiger partial charge in [-0.05, 0) is 64.7 Å². The minimum absolute atomic E-state index is 0.0751. The summed E-state index contributed by atoms with van der Waals surface area (Å²) in [6.07, 6.45) is 3.34. The number of sulfonamides is 1. The van der Waals surface area contributed by atoms with Crippen LogP contribution in [0.4, 0.5) is 11.5 Å². The number of carbonyl (C=O) groups excluding carboxylic acids is 1. The zero-order chi connectivity index (χ0) is 27.8. The quantitative estimate of drug-likeness (QED) is 0.228. The van der Waals surface area contributed by atoms with Gasteiger partial charge in [0.15, 0.2) is 0 Å². The summed E-state index contributed by atoms with van der Waals surface area (Å²) in [5, 5.41) is 9.89. The number of hydrogen-bond donors (Lipinski definition) is 3. The van der Waals surface area contributed by atoms with Crippen molar-refractivity contribution in [3.63, 3.8) is 0 Å². The van der Waals surface area contributed by atoms with E-state index in [4.69, 9.17) is 10.9 Å². The molecule has 0 fully saturated rings. The number of aromatic nitrogens is 1. The molecule has 0 saturated carbocycles. The van der Waals surface area contributed by atoms with Gasteiger partial charge in [-0.1, -0.05) is 79.7 Å². The first-order chi connectivity index (χ1) is 18.8. The van der Waals surface area contributed by atoms with Crippen LogP contribution in [0.25, 0.3) is 21.9 Å². The number of amides is 1. The molecule has 198 valence electrons. The fraction of sp³-hybridized carbons (Fsp3) is 0.0968. The fourth-order valence-corrected chi connectivity index (χ4v) is 5.15. The van der Waals surface area contributed by atoms with E-state index in [1.807, 2.05) is 6.07 Å². The SMILES string of the molecule is CC(Cc1ccc2ccnc(N)c2c1)c1ccccc1.NS(=O)(=O)c1ccccc1-c1ccc(NC=O)cc1. The van der Waals surface area contributed by atoms with Crippen molar-refractivity contribution in [1.82, 2.24) is 4.98 Å². The van der Waals surface area contributed by atoms with Crippen LogP contribution in [0, 0.1) is 0 Å². The molecule has 5 N–H and O–H groups in total. The van der Waals surface area contributed by atoms with E-state index in [0.29, 0.717) is 35.0 Å². The summed E-state index contributed by atoms with van der Waals surface area (Å²) in [7, 11) is -3.77. The molecule has 39 heavy (non-hydrogen) atoms. The predicted molar refractivity (Wildman–Crippen MR) is 158 cm³/mol. The summed E-state index contributed by atoms with van der Waals surface area (Å²) in [6.45, 7) is 2.26. The molecular weight excluding hydrogens is 508 g/mol. The second-order valence-electron chi connectivity index (χ2n) is 9.15. The van der Waals surface area contributed by atoms with Crippen molar-refractivity contribution in [2.45, 2.75) is 24.2 Å². The van der Waals surface area contributed by atoms with E-state index in [2.05, 4.69) is 65.8 Å². The first-order valence-electron chi connectivity index (χ1n) is 12.4. The molecule has 0 bridgehead atoms. The van der Waals surface area contributed by atoms with Crippen LogP contribution in [0.1, 0.15) is 24.0 Å². The minimum atomic E-state index is -3.77. The largest absolute Gasteiger partial charge is 0.383 e. The van der Waals surface area contributed by atoms with Crippen molar-refractivity contribution in [3.8, 4) is 11.1 Å². The van der Waals surface area contributed by atoms with Crippen LogP contribution >= 0.6 is 0 Å². The number of hydrogen-bond acceptors (Lipinski definition) is 5. The van der Waals surface area contributed by atoms with Crippen molar-refractivity contribution in [1.29, 1.82) is 0 Å². The lowest BCUT2D eigenvalue weighted by atomic mass is 9.93. The van der Waals surface area contributed by atoms with Gasteiger partial charge in [0.25, 0.3) is 0 Å².